The molecule has 0 aromatic carbocycles. The molecule has 4 heteroatoms. The van der Waals surface area contributed by atoms with Gasteiger partial charge in [-0.15, -0.1) is 0 Å². The van der Waals surface area contributed by atoms with Gasteiger partial charge in [-0.05, 0) is 38.8 Å². The van der Waals surface area contributed by atoms with Crippen LogP contribution in [0, 0.1) is 12.8 Å². The molecule has 0 aliphatic carbocycles. The molecule has 18 heavy (non-hydrogen) atoms. The molecular formula is C14H24N2O2. The second kappa shape index (κ2) is 6.36. The summed E-state index contributed by atoms with van der Waals surface area (Å²) in [7, 11) is 2.15. The van der Waals surface area contributed by atoms with E-state index in [1.54, 1.807) is 6.26 Å². The third-order valence-corrected chi connectivity index (χ3v) is 4.00. The Labute approximate surface area is 109 Å². The normalized spacial score (nSPS) is 19.3. The molecule has 102 valence electrons. The molecule has 1 aliphatic heterocycles. The first-order valence-corrected chi connectivity index (χ1v) is 6.73. The van der Waals surface area contributed by atoms with Gasteiger partial charge in [0, 0.05) is 37.9 Å². The minimum absolute atomic E-state index is 0.434. The van der Waals surface area contributed by atoms with Crippen molar-refractivity contribution in [3.8, 4) is 0 Å². The van der Waals surface area contributed by atoms with Crippen LogP contribution in [-0.4, -0.2) is 37.7 Å². The van der Waals surface area contributed by atoms with Gasteiger partial charge in [-0.1, -0.05) is 0 Å². The van der Waals surface area contributed by atoms with Gasteiger partial charge < -0.3 is 14.9 Å². The summed E-state index contributed by atoms with van der Waals surface area (Å²) in [4.78, 5) is 2.36. The molecule has 1 saturated heterocycles. The minimum atomic E-state index is 0.434. The standard InChI is InChI=1S/C14H24N2O2/c1-11-13(5-8-18-11)10-16(2)14(9-15)12-3-6-17-7-4-12/h5,8,12,14H,3-4,6-7,9-10,15H2,1-2H3. The SMILES string of the molecule is Cc1occc1CN(C)C(CN)C1CCOCC1. The van der Waals surface area contributed by atoms with Gasteiger partial charge in [-0.3, -0.25) is 4.90 Å². The third-order valence-electron chi connectivity index (χ3n) is 4.00. The lowest BCUT2D eigenvalue weighted by atomic mass is 9.90. The van der Waals surface area contributed by atoms with Crippen LogP contribution < -0.4 is 5.73 Å². The minimum Gasteiger partial charge on any atom is -0.469 e. The number of nitrogens with zero attached hydrogens (tertiary/aromatic N) is 1. The summed E-state index contributed by atoms with van der Waals surface area (Å²) in [6.07, 6.45) is 4.00. The van der Waals surface area contributed by atoms with Crippen molar-refractivity contribution < 1.29 is 9.15 Å². The van der Waals surface area contributed by atoms with Crippen molar-refractivity contribution in [2.45, 2.75) is 32.4 Å². The predicted octanol–water partition coefficient (Wildman–Crippen LogP) is 1.77. The largest absolute Gasteiger partial charge is 0.469 e. The van der Waals surface area contributed by atoms with Crippen molar-refractivity contribution in [3.05, 3.63) is 23.7 Å². The number of likely N-dealkylation sites (N-methyl/N-ethyl adjacent to an activating group) is 1. The number of hydrogen-bond acceptors (Lipinski definition) is 4. The Balaban J connectivity index is 1.96. The van der Waals surface area contributed by atoms with Crippen molar-refractivity contribution in [1.29, 1.82) is 0 Å². The lowest BCUT2D eigenvalue weighted by molar-refractivity contribution is 0.0320. The van der Waals surface area contributed by atoms with E-state index in [-0.39, 0.29) is 0 Å². The summed E-state index contributed by atoms with van der Waals surface area (Å²) in [6.45, 7) is 5.37. The van der Waals surface area contributed by atoms with E-state index >= 15 is 0 Å². The number of ether oxygens (including phenoxy) is 1. The van der Waals surface area contributed by atoms with Crippen LogP contribution in [0.15, 0.2) is 16.7 Å². The van der Waals surface area contributed by atoms with Gasteiger partial charge in [-0.2, -0.15) is 0 Å². The molecule has 0 radical (unpaired) electrons. The number of furan rings is 1. The second-order valence-electron chi connectivity index (χ2n) is 5.17. The molecule has 2 N–H and O–H groups in total. The van der Waals surface area contributed by atoms with E-state index in [1.165, 1.54) is 5.56 Å². The Hall–Kier alpha value is -0.840. The van der Waals surface area contributed by atoms with Gasteiger partial charge >= 0.3 is 0 Å². The van der Waals surface area contributed by atoms with E-state index in [0.29, 0.717) is 18.5 Å². The zero-order chi connectivity index (χ0) is 13.0. The fraction of sp³-hybridized carbons (Fsp3) is 0.714. The zero-order valence-electron chi connectivity index (χ0n) is 11.4. The smallest absolute Gasteiger partial charge is 0.105 e. The summed E-state index contributed by atoms with van der Waals surface area (Å²) in [6, 6.07) is 2.48. The molecule has 4 nitrogen and oxygen atoms in total. The molecular weight excluding hydrogens is 228 g/mol. The Morgan fingerprint density at radius 2 is 2.17 bits per heavy atom. The number of rotatable bonds is 5. The van der Waals surface area contributed by atoms with E-state index in [9.17, 15) is 0 Å². The highest BCUT2D eigenvalue weighted by molar-refractivity contribution is 5.15. The molecule has 1 fully saturated rings. The molecule has 0 bridgehead atoms. The van der Waals surface area contributed by atoms with E-state index in [0.717, 1.165) is 38.4 Å². The van der Waals surface area contributed by atoms with E-state index in [4.69, 9.17) is 14.9 Å². The molecule has 1 atom stereocenters. The Kier molecular flexibility index (Phi) is 4.80. The maximum absolute atomic E-state index is 5.97. The number of aryl methyl sites for hydroxylation is 1. The lowest BCUT2D eigenvalue weighted by Gasteiger charge is -2.35. The second-order valence-corrected chi connectivity index (χ2v) is 5.17. The van der Waals surface area contributed by atoms with Crippen molar-refractivity contribution in [3.63, 3.8) is 0 Å². The van der Waals surface area contributed by atoms with Crippen LogP contribution in [0.2, 0.25) is 0 Å². The van der Waals surface area contributed by atoms with Gasteiger partial charge in [-0.25, -0.2) is 0 Å². The van der Waals surface area contributed by atoms with E-state index in [1.807, 2.05) is 13.0 Å². The lowest BCUT2D eigenvalue weighted by Crippen LogP contribution is -2.44. The average molecular weight is 252 g/mol. The molecule has 0 spiro atoms. The van der Waals surface area contributed by atoms with Crippen LogP contribution in [-0.2, 0) is 11.3 Å². The molecule has 2 heterocycles. The van der Waals surface area contributed by atoms with Crippen molar-refractivity contribution >= 4 is 0 Å². The third kappa shape index (κ3) is 3.13. The summed E-state index contributed by atoms with van der Waals surface area (Å²) in [5.74, 6) is 1.66. The van der Waals surface area contributed by atoms with Gasteiger partial charge in [0.15, 0.2) is 0 Å². The Morgan fingerprint density at radius 1 is 1.44 bits per heavy atom. The zero-order valence-corrected chi connectivity index (χ0v) is 11.4. The van der Waals surface area contributed by atoms with Crippen molar-refractivity contribution in [2.75, 3.05) is 26.8 Å². The van der Waals surface area contributed by atoms with Gasteiger partial charge in [0.1, 0.15) is 5.76 Å². The highest BCUT2D eigenvalue weighted by atomic mass is 16.5. The Morgan fingerprint density at radius 3 is 2.72 bits per heavy atom. The van der Waals surface area contributed by atoms with Crippen LogP contribution in [0.4, 0.5) is 0 Å². The first-order chi connectivity index (χ1) is 8.72. The van der Waals surface area contributed by atoms with Gasteiger partial charge in [0.25, 0.3) is 0 Å². The summed E-state index contributed by atoms with van der Waals surface area (Å²) >= 11 is 0. The first-order valence-electron chi connectivity index (χ1n) is 6.73. The molecule has 1 aromatic rings. The van der Waals surface area contributed by atoms with Crippen LogP contribution >= 0.6 is 0 Å². The highest BCUT2D eigenvalue weighted by Crippen LogP contribution is 2.23. The predicted molar refractivity (Wildman–Crippen MR) is 71.3 cm³/mol. The molecule has 1 aromatic heterocycles. The first kappa shape index (κ1) is 13.6. The van der Waals surface area contributed by atoms with Crippen molar-refractivity contribution in [2.24, 2.45) is 11.7 Å². The molecule has 0 amide bonds. The number of nitrogens with two attached hydrogens (primary N) is 1. The fourth-order valence-electron chi connectivity index (χ4n) is 2.79. The van der Waals surface area contributed by atoms with Gasteiger partial charge in [0.05, 0.1) is 6.26 Å². The quantitative estimate of drug-likeness (QED) is 0.868. The maximum atomic E-state index is 5.97. The summed E-state index contributed by atoms with van der Waals surface area (Å²) < 4.78 is 10.8. The fourth-order valence-corrected chi connectivity index (χ4v) is 2.79. The van der Waals surface area contributed by atoms with Crippen LogP contribution in [0.25, 0.3) is 0 Å². The topological polar surface area (TPSA) is 51.6 Å². The van der Waals surface area contributed by atoms with Crippen molar-refractivity contribution in [1.82, 2.24) is 4.90 Å². The molecule has 0 saturated carbocycles. The van der Waals surface area contributed by atoms with E-state index < -0.39 is 0 Å². The molecule has 1 unspecified atom stereocenters. The monoisotopic (exact) mass is 252 g/mol. The maximum Gasteiger partial charge on any atom is 0.105 e. The Bertz CT molecular complexity index is 358. The molecule has 2 rings (SSSR count). The van der Waals surface area contributed by atoms with E-state index in [2.05, 4.69) is 11.9 Å². The molecule has 1 aliphatic rings. The van der Waals surface area contributed by atoms with Gasteiger partial charge in [0.2, 0.25) is 0 Å². The summed E-state index contributed by atoms with van der Waals surface area (Å²) in [5, 5.41) is 0. The van der Waals surface area contributed by atoms with Crippen LogP contribution in [0.3, 0.4) is 0 Å². The summed E-state index contributed by atoms with van der Waals surface area (Å²) in [5.41, 5.74) is 7.22. The number of hydrogen-bond donors (Lipinski definition) is 1. The van der Waals surface area contributed by atoms with Crippen LogP contribution in [0.1, 0.15) is 24.2 Å². The van der Waals surface area contributed by atoms with Crippen LogP contribution in [0.5, 0.6) is 0 Å². The average Bonchev–Trinajstić information content (AvgIpc) is 2.77. The highest BCUT2D eigenvalue weighted by Gasteiger charge is 2.26.